The van der Waals surface area contributed by atoms with Crippen LogP contribution in [-0.2, 0) is 24.8 Å². The van der Waals surface area contributed by atoms with E-state index in [0.29, 0.717) is 13.2 Å². The average Bonchev–Trinajstić information content (AvgIpc) is 2.64. The third kappa shape index (κ3) is 3.57. The summed E-state index contributed by atoms with van der Waals surface area (Å²) < 4.78 is 8.17. The molecule has 108 valence electrons. The minimum Gasteiger partial charge on any atom is -0.367 e. The molecule has 1 aliphatic rings. The normalized spacial score (nSPS) is 19.3. The lowest BCUT2D eigenvalue weighted by atomic mass is 9.94. The monoisotopic (exact) mass is 265 g/mol. The van der Waals surface area contributed by atoms with E-state index in [1.165, 1.54) is 25.7 Å². The van der Waals surface area contributed by atoms with Gasteiger partial charge >= 0.3 is 0 Å². The molecule has 19 heavy (non-hydrogen) atoms. The summed E-state index contributed by atoms with van der Waals surface area (Å²) >= 11 is 0. The topological polar surface area (TPSA) is 53.1 Å². The Labute approximate surface area is 116 Å². The lowest BCUT2D eigenvalue weighted by Gasteiger charge is -2.31. The molecule has 2 N–H and O–H groups in total. The number of nitrogens with zero attached hydrogens (tertiary/aromatic N) is 2. The number of hydrogen-bond donors (Lipinski definition) is 1. The second-order valence-electron chi connectivity index (χ2n) is 5.69. The van der Waals surface area contributed by atoms with Crippen LogP contribution in [0.1, 0.15) is 56.8 Å². The van der Waals surface area contributed by atoms with Crippen molar-refractivity contribution >= 4 is 0 Å². The second-order valence-corrected chi connectivity index (χ2v) is 5.69. The number of nitrogens with two attached hydrogens (primary N) is 1. The van der Waals surface area contributed by atoms with Gasteiger partial charge in [-0.1, -0.05) is 32.6 Å². The molecular weight excluding hydrogens is 238 g/mol. The van der Waals surface area contributed by atoms with Crippen LogP contribution >= 0.6 is 0 Å². The Morgan fingerprint density at radius 3 is 2.53 bits per heavy atom. The van der Waals surface area contributed by atoms with Crippen molar-refractivity contribution in [2.75, 3.05) is 6.54 Å². The molecule has 1 aliphatic carbocycles. The minimum atomic E-state index is -0.104. The van der Waals surface area contributed by atoms with E-state index in [1.807, 2.05) is 11.7 Å². The minimum absolute atomic E-state index is 0.104. The molecule has 1 saturated carbocycles. The van der Waals surface area contributed by atoms with Crippen molar-refractivity contribution in [2.24, 2.45) is 12.8 Å². The van der Waals surface area contributed by atoms with Gasteiger partial charge in [0.15, 0.2) is 0 Å². The molecule has 1 heterocycles. The van der Waals surface area contributed by atoms with Gasteiger partial charge in [-0.2, -0.15) is 5.10 Å². The molecule has 0 bridgehead atoms. The molecule has 0 aromatic carbocycles. The number of ether oxygens (including phenoxy) is 1. The Kier molecular flexibility index (Phi) is 4.99. The Morgan fingerprint density at radius 1 is 1.32 bits per heavy atom. The molecule has 4 heteroatoms. The highest BCUT2D eigenvalue weighted by Gasteiger charge is 2.30. The van der Waals surface area contributed by atoms with E-state index >= 15 is 0 Å². The number of aromatic nitrogens is 2. The predicted molar refractivity (Wildman–Crippen MR) is 76.9 cm³/mol. The fourth-order valence-corrected chi connectivity index (χ4v) is 2.89. The Morgan fingerprint density at radius 2 is 2.00 bits per heavy atom. The Hall–Kier alpha value is -0.870. The molecule has 0 aliphatic heterocycles. The number of aryl methyl sites for hydroxylation is 2. The first-order valence-electron chi connectivity index (χ1n) is 7.55. The van der Waals surface area contributed by atoms with E-state index in [1.54, 1.807) is 0 Å². The predicted octanol–water partition coefficient (Wildman–Crippen LogP) is 2.55. The van der Waals surface area contributed by atoms with Gasteiger partial charge in [-0.15, -0.1) is 0 Å². The summed E-state index contributed by atoms with van der Waals surface area (Å²) in [5, 5.41) is 4.47. The fraction of sp³-hybridized carbons (Fsp3) is 0.800. The van der Waals surface area contributed by atoms with Crippen molar-refractivity contribution in [2.45, 2.75) is 64.1 Å². The molecule has 0 spiro atoms. The van der Waals surface area contributed by atoms with Crippen molar-refractivity contribution in [3.63, 3.8) is 0 Å². The van der Waals surface area contributed by atoms with Crippen molar-refractivity contribution < 1.29 is 4.74 Å². The summed E-state index contributed by atoms with van der Waals surface area (Å²) in [5.41, 5.74) is 8.17. The van der Waals surface area contributed by atoms with Gasteiger partial charge in [0.25, 0.3) is 0 Å². The molecule has 0 atom stereocenters. The fourth-order valence-electron chi connectivity index (χ4n) is 2.89. The van der Waals surface area contributed by atoms with Crippen molar-refractivity contribution in [1.29, 1.82) is 0 Å². The van der Waals surface area contributed by atoms with Crippen LogP contribution in [0.25, 0.3) is 0 Å². The van der Waals surface area contributed by atoms with Crippen LogP contribution in [0.2, 0.25) is 0 Å². The largest absolute Gasteiger partial charge is 0.367 e. The average molecular weight is 265 g/mol. The molecule has 1 aromatic heterocycles. The second kappa shape index (κ2) is 6.53. The van der Waals surface area contributed by atoms with Gasteiger partial charge < -0.3 is 10.5 Å². The van der Waals surface area contributed by atoms with E-state index in [9.17, 15) is 0 Å². The van der Waals surface area contributed by atoms with E-state index in [4.69, 9.17) is 10.5 Å². The molecular formula is C15H27N3O. The van der Waals surface area contributed by atoms with Crippen molar-refractivity contribution in [1.82, 2.24) is 9.78 Å². The first-order chi connectivity index (χ1) is 9.19. The maximum atomic E-state index is 6.24. The van der Waals surface area contributed by atoms with Crippen LogP contribution in [0.3, 0.4) is 0 Å². The first-order valence-corrected chi connectivity index (χ1v) is 7.55. The molecule has 2 rings (SSSR count). The van der Waals surface area contributed by atoms with Crippen LogP contribution in [-0.4, -0.2) is 21.9 Å². The Bertz CT molecular complexity index is 392. The van der Waals surface area contributed by atoms with Gasteiger partial charge in [-0.05, 0) is 25.3 Å². The SMILES string of the molecule is CCc1cc(COC2(CN)CCCCCC2)n(C)n1. The third-order valence-corrected chi connectivity index (χ3v) is 4.30. The van der Waals surface area contributed by atoms with E-state index < -0.39 is 0 Å². The summed E-state index contributed by atoms with van der Waals surface area (Å²) in [6, 6.07) is 2.14. The zero-order valence-corrected chi connectivity index (χ0v) is 12.3. The van der Waals surface area contributed by atoms with Gasteiger partial charge in [0.05, 0.1) is 23.6 Å². The van der Waals surface area contributed by atoms with E-state index in [0.717, 1.165) is 30.7 Å². The van der Waals surface area contributed by atoms with Gasteiger partial charge in [0.2, 0.25) is 0 Å². The molecule has 1 aromatic rings. The van der Waals surface area contributed by atoms with Gasteiger partial charge in [0, 0.05) is 13.6 Å². The van der Waals surface area contributed by atoms with Crippen LogP contribution in [0, 0.1) is 0 Å². The van der Waals surface area contributed by atoms with Crippen LogP contribution in [0.4, 0.5) is 0 Å². The molecule has 0 unspecified atom stereocenters. The molecule has 4 nitrogen and oxygen atoms in total. The molecule has 0 amide bonds. The summed E-state index contributed by atoms with van der Waals surface area (Å²) in [7, 11) is 1.99. The lowest BCUT2D eigenvalue weighted by Crippen LogP contribution is -2.40. The Balaban J connectivity index is 2.00. The van der Waals surface area contributed by atoms with Crippen LogP contribution in [0.5, 0.6) is 0 Å². The van der Waals surface area contributed by atoms with E-state index in [-0.39, 0.29) is 5.60 Å². The summed E-state index contributed by atoms with van der Waals surface area (Å²) in [5.74, 6) is 0. The zero-order chi connectivity index (χ0) is 13.7. The van der Waals surface area contributed by atoms with Gasteiger partial charge in [-0.25, -0.2) is 0 Å². The highest BCUT2D eigenvalue weighted by atomic mass is 16.5. The molecule has 1 fully saturated rings. The highest BCUT2D eigenvalue weighted by molar-refractivity contribution is 5.09. The van der Waals surface area contributed by atoms with E-state index in [2.05, 4.69) is 18.1 Å². The maximum absolute atomic E-state index is 6.24. The smallest absolute Gasteiger partial charge is 0.0892 e. The number of rotatable bonds is 5. The third-order valence-electron chi connectivity index (χ3n) is 4.30. The standard InChI is InChI=1S/C15H27N3O/c1-3-13-10-14(18(2)17-13)11-19-15(12-16)8-6-4-5-7-9-15/h10H,3-9,11-12,16H2,1-2H3. The van der Waals surface area contributed by atoms with Gasteiger partial charge in [0.1, 0.15) is 0 Å². The van der Waals surface area contributed by atoms with Crippen molar-refractivity contribution in [3.05, 3.63) is 17.5 Å². The van der Waals surface area contributed by atoms with Crippen LogP contribution in [0.15, 0.2) is 6.07 Å². The highest BCUT2D eigenvalue weighted by Crippen LogP contribution is 2.30. The zero-order valence-electron chi connectivity index (χ0n) is 12.3. The first kappa shape index (κ1) is 14.5. The number of hydrogen-bond acceptors (Lipinski definition) is 3. The lowest BCUT2D eigenvalue weighted by molar-refractivity contribution is -0.0623. The molecule has 0 radical (unpaired) electrons. The van der Waals surface area contributed by atoms with Gasteiger partial charge in [-0.3, -0.25) is 4.68 Å². The van der Waals surface area contributed by atoms with Crippen molar-refractivity contribution in [3.8, 4) is 0 Å². The summed E-state index contributed by atoms with van der Waals surface area (Å²) in [6.45, 7) is 3.38. The maximum Gasteiger partial charge on any atom is 0.0892 e. The van der Waals surface area contributed by atoms with Crippen LogP contribution < -0.4 is 5.73 Å². The molecule has 0 saturated heterocycles. The quantitative estimate of drug-likeness (QED) is 0.832. The summed E-state index contributed by atoms with van der Waals surface area (Å²) in [4.78, 5) is 0. The summed E-state index contributed by atoms with van der Waals surface area (Å²) in [6.07, 6.45) is 8.28.